The van der Waals surface area contributed by atoms with Gasteiger partial charge in [0.2, 0.25) is 0 Å². The molecule has 1 aromatic rings. The summed E-state index contributed by atoms with van der Waals surface area (Å²) in [7, 11) is 0. The van der Waals surface area contributed by atoms with Gasteiger partial charge in [0.05, 0.1) is 6.61 Å². The highest BCUT2D eigenvalue weighted by Gasteiger charge is 2.18. The van der Waals surface area contributed by atoms with E-state index in [9.17, 15) is 0 Å². The van der Waals surface area contributed by atoms with Crippen LogP contribution in [-0.2, 0) is 6.42 Å². The van der Waals surface area contributed by atoms with Crippen LogP contribution >= 0.6 is 0 Å². The van der Waals surface area contributed by atoms with Gasteiger partial charge in [0.25, 0.3) is 0 Å². The van der Waals surface area contributed by atoms with Gasteiger partial charge in [-0.15, -0.1) is 0 Å². The van der Waals surface area contributed by atoms with Gasteiger partial charge in [0.15, 0.2) is 0 Å². The summed E-state index contributed by atoms with van der Waals surface area (Å²) < 4.78 is 5.88. The molecule has 0 radical (unpaired) electrons. The molecule has 1 nitrogen and oxygen atoms in total. The monoisotopic (exact) mass is 232 g/mol. The van der Waals surface area contributed by atoms with Crippen molar-refractivity contribution in [3.8, 4) is 5.75 Å². The highest BCUT2D eigenvalue weighted by Crippen LogP contribution is 2.28. The minimum absolute atomic E-state index is 0.775. The molecule has 0 spiro atoms. The second kappa shape index (κ2) is 6.09. The van der Waals surface area contributed by atoms with Crippen molar-refractivity contribution in [1.82, 2.24) is 0 Å². The first-order valence-electron chi connectivity index (χ1n) is 6.99. The first-order valence-corrected chi connectivity index (χ1v) is 6.99. The SMILES string of the molecule is CCc1ccc(OCC2CCC(C)CC2)cc1. The predicted octanol–water partition coefficient (Wildman–Crippen LogP) is 4.45. The third-order valence-corrected chi connectivity index (χ3v) is 3.95. The number of hydrogen-bond donors (Lipinski definition) is 0. The molecule has 1 aliphatic carbocycles. The molecule has 0 bridgehead atoms. The van der Waals surface area contributed by atoms with E-state index in [0.717, 1.165) is 30.6 Å². The van der Waals surface area contributed by atoms with Crippen LogP contribution < -0.4 is 4.74 Å². The van der Waals surface area contributed by atoms with Crippen molar-refractivity contribution in [3.05, 3.63) is 29.8 Å². The number of benzene rings is 1. The summed E-state index contributed by atoms with van der Waals surface area (Å²) >= 11 is 0. The molecule has 0 heterocycles. The normalized spacial score (nSPS) is 24.6. The standard InChI is InChI=1S/C16H24O/c1-3-14-8-10-16(11-9-14)17-12-15-6-4-13(2)5-7-15/h8-11,13,15H,3-7,12H2,1-2H3. The quantitative estimate of drug-likeness (QED) is 0.745. The molecule has 0 saturated heterocycles. The highest BCUT2D eigenvalue weighted by molar-refractivity contribution is 5.27. The second-order valence-corrected chi connectivity index (χ2v) is 5.43. The van der Waals surface area contributed by atoms with E-state index >= 15 is 0 Å². The Morgan fingerprint density at radius 2 is 1.71 bits per heavy atom. The van der Waals surface area contributed by atoms with Crippen molar-refractivity contribution >= 4 is 0 Å². The Morgan fingerprint density at radius 1 is 1.06 bits per heavy atom. The van der Waals surface area contributed by atoms with Crippen LogP contribution in [0.1, 0.15) is 45.1 Å². The smallest absolute Gasteiger partial charge is 0.119 e. The zero-order valence-electron chi connectivity index (χ0n) is 11.1. The van der Waals surface area contributed by atoms with Crippen molar-refractivity contribution in [1.29, 1.82) is 0 Å². The zero-order valence-corrected chi connectivity index (χ0v) is 11.1. The van der Waals surface area contributed by atoms with Gasteiger partial charge in [0, 0.05) is 0 Å². The van der Waals surface area contributed by atoms with Crippen LogP contribution in [0.4, 0.5) is 0 Å². The molecule has 0 N–H and O–H groups in total. The van der Waals surface area contributed by atoms with Crippen molar-refractivity contribution in [2.45, 2.75) is 46.0 Å². The fourth-order valence-electron chi connectivity index (χ4n) is 2.53. The molecule has 1 aliphatic rings. The third-order valence-electron chi connectivity index (χ3n) is 3.95. The molecule has 2 rings (SSSR count). The largest absolute Gasteiger partial charge is 0.493 e. The average Bonchev–Trinajstić information content (AvgIpc) is 2.39. The lowest BCUT2D eigenvalue weighted by molar-refractivity contribution is 0.188. The fourth-order valence-corrected chi connectivity index (χ4v) is 2.53. The van der Waals surface area contributed by atoms with Crippen molar-refractivity contribution in [3.63, 3.8) is 0 Å². The maximum atomic E-state index is 5.88. The first-order chi connectivity index (χ1) is 8.28. The van der Waals surface area contributed by atoms with Crippen molar-refractivity contribution < 1.29 is 4.74 Å². The number of ether oxygens (including phenoxy) is 1. The van der Waals surface area contributed by atoms with Gasteiger partial charge in [-0.1, -0.05) is 38.8 Å². The Balaban J connectivity index is 1.77. The van der Waals surface area contributed by atoms with Gasteiger partial charge < -0.3 is 4.74 Å². The Kier molecular flexibility index (Phi) is 4.47. The van der Waals surface area contributed by atoms with Crippen molar-refractivity contribution in [2.24, 2.45) is 11.8 Å². The van der Waals surface area contributed by atoms with Gasteiger partial charge in [-0.2, -0.15) is 0 Å². The van der Waals surface area contributed by atoms with Gasteiger partial charge in [-0.25, -0.2) is 0 Å². The summed E-state index contributed by atoms with van der Waals surface area (Å²) in [6.45, 7) is 5.44. The van der Waals surface area contributed by atoms with Crippen molar-refractivity contribution in [2.75, 3.05) is 6.61 Å². The molecule has 1 fully saturated rings. The van der Waals surface area contributed by atoms with E-state index in [0.29, 0.717) is 0 Å². The highest BCUT2D eigenvalue weighted by atomic mass is 16.5. The molecule has 0 amide bonds. The Morgan fingerprint density at radius 3 is 2.29 bits per heavy atom. The molecule has 0 aliphatic heterocycles. The summed E-state index contributed by atoms with van der Waals surface area (Å²) in [6, 6.07) is 8.53. The Hall–Kier alpha value is -0.980. The molecule has 94 valence electrons. The molecule has 1 aromatic carbocycles. The molecule has 0 atom stereocenters. The fraction of sp³-hybridized carbons (Fsp3) is 0.625. The van der Waals surface area contributed by atoms with E-state index in [2.05, 4.69) is 38.1 Å². The molecular weight excluding hydrogens is 208 g/mol. The van der Waals surface area contributed by atoms with E-state index < -0.39 is 0 Å². The maximum absolute atomic E-state index is 5.88. The van der Waals surface area contributed by atoms with Gasteiger partial charge in [-0.05, 0) is 48.8 Å². The molecule has 17 heavy (non-hydrogen) atoms. The topological polar surface area (TPSA) is 9.23 Å². The molecule has 0 unspecified atom stereocenters. The molecule has 0 aromatic heterocycles. The summed E-state index contributed by atoms with van der Waals surface area (Å²) in [5.74, 6) is 2.73. The van der Waals surface area contributed by atoms with Crippen LogP contribution in [0.3, 0.4) is 0 Å². The van der Waals surface area contributed by atoms with E-state index in [4.69, 9.17) is 4.74 Å². The van der Waals surface area contributed by atoms with E-state index in [1.54, 1.807) is 0 Å². The zero-order chi connectivity index (χ0) is 12.1. The summed E-state index contributed by atoms with van der Waals surface area (Å²) in [4.78, 5) is 0. The number of hydrogen-bond acceptors (Lipinski definition) is 1. The minimum atomic E-state index is 0.775. The van der Waals surface area contributed by atoms with Gasteiger partial charge in [0.1, 0.15) is 5.75 Å². The number of rotatable bonds is 4. The lowest BCUT2D eigenvalue weighted by Gasteiger charge is -2.26. The molecule has 1 saturated carbocycles. The van der Waals surface area contributed by atoms with E-state index in [-0.39, 0.29) is 0 Å². The van der Waals surface area contributed by atoms with E-state index in [1.807, 2.05) is 0 Å². The van der Waals surface area contributed by atoms with Crippen LogP contribution in [-0.4, -0.2) is 6.61 Å². The summed E-state index contributed by atoms with van der Waals surface area (Å²) in [5.41, 5.74) is 1.38. The number of aryl methyl sites for hydroxylation is 1. The molecule has 1 heteroatoms. The van der Waals surface area contributed by atoms with Crippen LogP contribution in [0.15, 0.2) is 24.3 Å². The molecular formula is C16H24O. The van der Waals surface area contributed by atoms with Crippen LogP contribution in [0.25, 0.3) is 0 Å². The summed E-state index contributed by atoms with van der Waals surface area (Å²) in [6.07, 6.45) is 6.54. The lowest BCUT2D eigenvalue weighted by Crippen LogP contribution is -2.18. The maximum Gasteiger partial charge on any atom is 0.119 e. The first kappa shape index (κ1) is 12.5. The van der Waals surface area contributed by atoms with E-state index in [1.165, 1.54) is 31.2 Å². The Bertz CT molecular complexity index is 320. The second-order valence-electron chi connectivity index (χ2n) is 5.43. The average molecular weight is 232 g/mol. The van der Waals surface area contributed by atoms with Crippen LogP contribution in [0, 0.1) is 11.8 Å². The van der Waals surface area contributed by atoms with Crippen LogP contribution in [0.5, 0.6) is 5.75 Å². The third kappa shape index (κ3) is 3.76. The van der Waals surface area contributed by atoms with Crippen LogP contribution in [0.2, 0.25) is 0 Å². The van der Waals surface area contributed by atoms with Gasteiger partial charge >= 0.3 is 0 Å². The minimum Gasteiger partial charge on any atom is -0.493 e. The summed E-state index contributed by atoms with van der Waals surface area (Å²) in [5, 5.41) is 0. The van der Waals surface area contributed by atoms with Gasteiger partial charge in [-0.3, -0.25) is 0 Å². The Labute approximate surface area is 105 Å². The lowest BCUT2D eigenvalue weighted by atomic mass is 9.83. The predicted molar refractivity (Wildman–Crippen MR) is 72.4 cm³/mol.